The summed E-state index contributed by atoms with van der Waals surface area (Å²) in [7, 11) is 1.57. The molecule has 0 spiro atoms. The number of ether oxygens (including phenoxy) is 2. The summed E-state index contributed by atoms with van der Waals surface area (Å²) in [4.78, 5) is 10.9. The summed E-state index contributed by atoms with van der Waals surface area (Å²) in [5.74, 6) is 1.17. The van der Waals surface area contributed by atoms with Gasteiger partial charge in [0, 0.05) is 18.4 Å². The van der Waals surface area contributed by atoms with E-state index in [2.05, 4.69) is 6.07 Å². The number of carbonyl (C=O) groups is 1. The predicted octanol–water partition coefficient (Wildman–Crippen LogP) is 3.44. The van der Waals surface area contributed by atoms with Crippen LogP contribution in [0, 0.1) is 0 Å². The number of aliphatic hydroxyl groups is 1. The first-order chi connectivity index (χ1) is 11.4. The third kappa shape index (κ3) is 5.39. The molecule has 2 aromatic rings. The SMILES string of the molecule is COc1ccc(C=O)cc1OCCc1cccc(CC(C)(C)O)c1. The van der Waals surface area contributed by atoms with Crippen molar-refractivity contribution in [3.8, 4) is 11.5 Å². The minimum atomic E-state index is -0.724. The van der Waals surface area contributed by atoms with Gasteiger partial charge in [-0.3, -0.25) is 4.79 Å². The minimum Gasteiger partial charge on any atom is -0.493 e. The van der Waals surface area contributed by atoms with Gasteiger partial charge in [-0.05, 0) is 43.2 Å². The molecule has 24 heavy (non-hydrogen) atoms. The van der Waals surface area contributed by atoms with Crippen molar-refractivity contribution in [1.82, 2.24) is 0 Å². The van der Waals surface area contributed by atoms with Crippen molar-refractivity contribution < 1.29 is 19.4 Å². The number of methoxy groups -OCH3 is 1. The van der Waals surface area contributed by atoms with Gasteiger partial charge in [-0.1, -0.05) is 24.3 Å². The fraction of sp³-hybridized carbons (Fsp3) is 0.350. The fourth-order valence-corrected chi connectivity index (χ4v) is 2.55. The van der Waals surface area contributed by atoms with Crippen LogP contribution in [0.25, 0.3) is 0 Å². The lowest BCUT2D eigenvalue weighted by molar-refractivity contribution is 0.0810. The minimum absolute atomic E-state index is 0.477. The molecule has 0 saturated heterocycles. The molecule has 0 aliphatic heterocycles. The van der Waals surface area contributed by atoms with Gasteiger partial charge < -0.3 is 14.6 Å². The van der Waals surface area contributed by atoms with Crippen LogP contribution in [0.5, 0.6) is 11.5 Å². The Kier molecular flexibility index (Phi) is 5.99. The second-order valence-electron chi connectivity index (χ2n) is 6.44. The Morgan fingerprint density at radius 2 is 1.83 bits per heavy atom. The van der Waals surface area contributed by atoms with Gasteiger partial charge in [0.2, 0.25) is 0 Å². The molecule has 0 saturated carbocycles. The maximum Gasteiger partial charge on any atom is 0.161 e. The van der Waals surface area contributed by atoms with Crippen LogP contribution < -0.4 is 9.47 Å². The van der Waals surface area contributed by atoms with E-state index in [9.17, 15) is 9.90 Å². The molecule has 1 N–H and O–H groups in total. The maximum atomic E-state index is 10.9. The third-order valence-corrected chi connectivity index (χ3v) is 3.60. The lowest BCUT2D eigenvalue weighted by Gasteiger charge is -2.17. The number of aldehydes is 1. The monoisotopic (exact) mass is 328 g/mol. The molecule has 0 amide bonds. The summed E-state index contributed by atoms with van der Waals surface area (Å²) in [6, 6.07) is 13.2. The van der Waals surface area contributed by atoms with Gasteiger partial charge in [0.15, 0.2) is 11.5 Å². The van der Waals surface area contributed by atoms with Crippen molar-refractivity contribution in [2.24, 2.45) is 0 Å². The highest BCUT2D eigenvalue weighted by Gasteiger charge is 2.13. The van der Waals surface area contributed by atoms with Gasteiger partial charge in [0.25, 0.3) is 0 Å². The lowest BCUT2D eigenvalue weighted by Crippen LogP contribution is -2.21. The van der Waals surface area contributed by atoms with Crippen LogP contribution >= 0.6 is 0 Å². The molecule has 0 bridgehead atoms. The first-order valence-electron chi connectivity index (χ1n) is 7.97. The number of carbonyl (C=O) groups excluding carboxylic acids is 1. The van der Waals surface area contributed by atoms with E-state index in [-0.39, 0.29) is 0 Å². The smallest absolute Gasteiger partial charge is 0.161 e. The molecule has 0 atom stereocenters. The number of hydrogen-bond acceptors (Lipinski definition) is 4. The summed E-state index contributed by atoms with van der Waals surface area (Å²) in [6.07, 6.45) is 2.12. The van der Waals surface area contributed by atoms with Gasteiger partial charge in [-0.2, -0.15) is 0 Å². The Morgan fingerprint density at radius 3 is 2.50 bits per heavy atom. The number of hydrogen-bond donors (Lipinski definition) is 1. The van der Waals surface area contributed by atoms with Crippen LogP contribution in [-0.4, -0.2) is 30.7 Å². The van der Waals surface area contributed by atoms with Crippen LogP contribution in [0.4, 0.5) is 0 Å². The van der Waals surface area contributed by atoms with Gasteiger partial charge in [-0.15, -0.1) is 0 Å². The third-order valence-electron chi connectivity index (χ3n) is 3.60. The Morgan fingerprint density at radius 1 is 1.08 bits per heavy atom. The Hall–Kier alpha value is -2.33. The average molecular weight is 328 g/mol. The summed E-state index contributed by atoms with van der Waals surface area (Å²) in [5.41, 5.74) is 2.07. The fourth-order valence-electron chi connectivity index (χ4n) is 2.55. The van der Waals surface area contributed by atoms with E-state index in [1.165, 1.54) is 0 Å². The summed E-state index contributed by atoms with van der Waals surface area (Å²) in [6.45, 7) is 4.08. The van der Waals surface area contributed by atoms with Crippen molar-refractivity contribution >= 4 is 6.29 Å². The maximum absolute atomic E-state index is 10.9. The molecule has 0 fully saturated rings. The van der Waals surface area contributed by atoms with Crippen LogP contribution in [0.15, 0.2) is 42.5 Å². The van der Waals surface area contributed by atoms with Crippen LogP contribution in [0.2, 0.25) is 0 Å². The molecule has 0 aliphatic carbocycles. The van der Waals surface area contributed by atoms with Crippen molar-refractivity contribution in [3.05, 3.63) is 59.2 Å². The largest absolute Gasteiger partial charge is 0.493 e. The molecule has 0 unspecified atom stereocenters. The van der Waals surface area contributed by atoms with E-state index < -0.39 is 5.60 Å². The van der Waals surface area contributed by atoms with Crippen LogP contribution in [0.1, 0.15) is 35.3 Å². The van der Waals surface area contributed by atoms with E-state index in [0.717, 1.165) is 23.8 Å². The lowest BCUT2D eigenvalue weighted by atomic mass is 9.97. The standard InChI is InChI=1S/C20H24O4/c1-20(2,22)13-16-6-4-5-15(11-16)9-10-24-19-12-17(14-21)7-8-18(19)23-3/h4-8,11-12,14,22H,9-10,13H2,1-3H3. The first kappa shape index (κ1) is 18.0. The van der Waals surface area contributed by atoms with Crippen molar-refractivity contribution in [2.75, 3.05) is 13.7 Å². The molecule has 4 heteroatoms. The molecule has 0 radical (unpaired) electrons. The predicted molar refractivity (Wildman–Crippen MR) is 94.0 cm³/mol. The van der Waals surface area contributed by atoms with Crippen molar-refractivity contribution in [3.63, 3.8) is 0 Å². The highest BCUT2D eigenvalue weighted by Crippen LogP contribution is 2.27. The summed E-state index contributed by atoms with van der Waals surface area (Å²) >= 11 is 0. The van der Waals surface area contributed by atoms with Crippen molar-refractivity contribution in [1.29, 1.82) is 0 Å². The first-order valence-corrected chi connectivity index (χ1v) is 7.97. The summed E-state index contributed by atoms with van der Waals surface area (Å²) in [5, 5.41) is 9.93. The zero-order valence-electron chi connectivity index (χ0n) is 14.4. The van der Waals surface area contributed by atoms with E-state index in [1.54, 1.807) is 39.2 Å². The van der Waals surface area contributed by atoms with E-state index in [0.29, 0.717) is 30.1 Å². The van der Waals surface area contributed by atoms with Gasteiger partial charge in [-0.25, -0.2) is 0 Å². The average Bonchev–Trinajstić information content (AvgIpc) is 2.53. The Balaban J connectivity index is 1.99. The highest BCUT2D eigenvalue weighted by atomic mass is 16.5. The van der Waals surface area contributed by atoms with Gasteiger partial charge in [0.05, 0.1) is 19.3 Å². The Labute approximate surface area is 143 Å². The van der Waals surface area contributed by atoms with Gasteiger partial charge >= 0.3 is 0 Å². The summed E-state index contributed by atoms with van der Waals surface area (Å²) < 4.78 is 11.0. The number of benzene rings is 2. The highest BCUT2D eigenvalue weighted by molar-refractivity contribution is 5.76. The van der Waals surface area contributed by atoms with Crippen LogP contribution in [-0.2, 0) is 12.8 Å². The Bertz CT molecular complexity index is 686. The molecular weight excluding hydrogens is 304 g/mol. The zero-order valence-corrected chi connectivity index (χ0v) is 14.4. The molecule has 4 nitrogen and oxygen atoms in total. The molecule has 0 heterocycles. The van der Waals surface area contributed by atoms with E-state index in [4.69, 9.17) is 9.47 Å². The normalized spacial score (nSPS) is 11.2. The van der Waals surface area contributed by atoms with Gasteiger partial charge in [0.1, 0.15) is 6.29 Å². The second kappa shape index (κ2) is 7.97. The topological polar surface area (TPSA) is 55.8 Å². The molecule has 2 rings (SSSR count). The molecule has 128 valence electrons. The molecule has 0 aliphatic rings. The second-order valence-corrected chi connectivity index (χ2v) is 6.44. The quantitative estimate of drug-likeness (QED) is 0.754. The van der Waals surface area contributed by atoms with Crippen molar-refractivity contribution in [2.45, 2.75) is 32.3 Å². The number of rotatable bonds is 8. The van der Waals surface area contributed by atoms with E-state index in [1.807, 2.05) is 18.2 Å². The van der Waals surface area contributed by atoms with E-state index >= 15 is 0 Å². The van der Waals surface area contributed by atoms with Crippen LogP contribution in [0.3, 0.4) is 0 Å². The molecular formula is C20H24O4. The zero-order chi connectivity index (χ0) is 17.6. The molecule has 2 aromatic carbocycles. The molecule has 0 aromatic heterocycles.